The minimum Gasteiger partial charge on any atom is -0.497 e. The van der Waals surface area contributed by atoms with Crippen LogP contribution in [0.3, 0.4) is 0 Å². The van der Waals surface area contributed by atoms with Crippen LogP contribution in [0.2, 0.25) is 0 Å². The average Bonchev–Trinajstić information content (AvgIpc) is 3.50. The van der Waals surface area contributed by atoms with Crippen molar-refractivity contribution in [1.29, 1.82) is 0 Å². The van der Waals surface area contributed by atoms with Crippen molar-refractivity contribution in [2.24, 2.45) is 0 Å². The zero-order valence-electron chi connectivity index (χ0n) is 20.2. The number of benzene rings is 3. The molecule has 3 N–H and O–H groups in total. The van der Waals surface area contributed by atoms with Crippen molar-refractivity contribution in [2.75, 3.05) is 20.8 Å². The number of ether oxygens (including phenoxy) is 2. The number of nitrogens with zero attached hydrogens (tertiary/aromatic N) is 1. The van der Waals surface area contributed by atoms with E-state index in [-0.39, 0.29) is 11.9 Å². The maximum Gasteiger partial charge on any atom is 0.123 e. The largest absolute Gasteiger partial charge is 0.497 e. The third kappa shape index (κ3) is 3.81. The van der Waals surface area contributed by atoms with Gasteiger partial charge in [-0.05, 0) is 66.1 Å². The molecule has 0 aliphatic carbocycles. The molecule has 0 amide bonds. The SMILES string of the molecule is COc1ccc2[nH]cc(C(O)C3c4[nH]c5ccc(OC)cc5c4CCN3Cc3ccc(F)cc3)c2c1. The van der Waals surface area contributed by atoms with Gasteiger partial charge in [0.15, 0.2) is 0 Å². The molecule has 1 aliphatic rings. The van der Waals surface area contributed by atoms with Crippen molar-refractivity contribution in [3.8, 4) is 11.5 Å². The van der Waals surface area contributed by atoms with Gasteiger partial charge in [0.05, 0.1) is 20.3 Å². The van der Waals surface area contributed by atoms with Crippen LogP contribution in [0.5, 0.6) is 11.5 Å². The van der Waals surface area contributed by atoms with E-state index in [2.05, 4.69) is 20.9 Å². The van der Waals surface area contributed by atoms with Gasteiger partial charge in [-0.15, -0.1) is 0 Å². The fraction of sp³-hybridized carbons (Fsp3) is 0.241. The highest BCUT2D eigenvalue weighted by Gasteiger charge is 2.37. The number of aromatic nitrogens is 2. The predicted octanol–water partition coefficient (Wildman–Crippen LogP) is 5.64. The van der Waals surface area contributed by atoms with E-state index < -0.39 is 6.10 Å². The molecule has 2 aromatic heterocycles. The zero-order valence-corrected chi connectivity index (χ0v) is 20.2. The molecule has 0 saturated heterocycles. The van der Waals surface area contributed by atoms with Gasteiger partial charge in [0.1, 0.15) is 23.4 Å². The Hall–Kier alpha value is -3.81. The van der Waals surface area contributed by atoms with E-state index in [1.807, 2.05) is 36.5 Å². The Kier molecular flexibility index (Phi) is 5.66. The van der Waals surface area contributed by atoms with Crippen LogP contribution in [0, 0.1) is 5.82 Å². The van der Waals surface area contributed by atoms with Crippen LogP contribution in [-0.4, -0.2) is 40.7 Å². The van der Waals surface area contributed by atoms with E-state index >= 15 is 0 Å². The Balaban J connectivity index is 1.47. The number of aliphatic hydroxyl groups excluding tert-OH is 1. The second-order valence-electron chi connectivity index (χ2n) is 9.32. The Labute approximate surface area is 208 Å². The van der Waals surface area contributed by atoms with Crippen molar-refractivity contribution in [1.82, 2.24) is 14.9 Å². The monoisotopic (exact) mass is 485 g/mol. The van der Waals surface area contributed by atoms with Gasteiger partial charge < -0.3 is 24.5 Å². The van der Waals surface area contributed by atoms with Gasteiger partial charge in [-0.25, -0.2) is 4.39 Å². The third-order valence-electron chi connectivity index (χ3n) is 7.32. The highest BCUT2D eigenvalue weighted by molar-refractivity contribution is 5.87. The molecule has 1 aliphatic heterocycles. The first-order valence-corrected chi connectivity index (χ1v) is 12.1. The number of H-pyrrole nitrogens is 2. The highest BCUT2D eigenvalue weighted by atomic mass is 19.1. The number of fused-ring (bicyclic) bond motifs is 4. The number of nitrogens with one attached hydrogen (secondary N) is 2. The maximum atomic E-state index is 13.6. The van der Waals surface area contributed by atoms with Crippen LogP contribution >= 0.6 is 0 Å². The number of rotatable bonds is 6. The van der Waals surface area contributed by atoms with Gasteiger partial charge in [0.2, 0.25) is 0 Å². The molecule has 5 aromatic rings. The molecule has 2 atom stereocenters. The Morgan fingerprint density at radius 2 is 1.67 bits per heavy atom. The van der Waals surface area contributed by atoms with E-state index in [1.54, 1.807) is 26.4 Å². The number of hydrogen-bond acceptors (Lipinski definition) is 4. The summed E-state index contributed by atoms with van der Waals surface area (Å²) in [5, 5.41) is 14.0. The first kappa shape index (κ1) is 22.6. The molecule has 0 spiro atoms. The molecule has 184 valence electrons. The molecule has 3 aromatic carbocycles. The molecule has 7 heteroatoms. The van der Waals surface area contributed by atoms with E-state index in [0.717, 1.165) is 63.1 Å². The normalized spacial score (nSPS) is 16.8. The number of hydrogen-bond donors (Lipinski definition) is 3. The molecule has 0 fully saturated rings. The molecule has 0 saturated carbocycles. The molecule has 2 unspecified atom stereocenters. The Bertz CT molecular complexity index is 1540. The number of aromatic amines is 2. The van der Waals surface area contributed by atoms with Gasteiger partial charge in [0.25, 0.3) is 0 Å². The average molecular weight is 486 g/mol. The third-order valence-corrected chi connectivity index (χ3v) is 7.32. The maximum absolute atomic E-state index is 13.6. The van der Waals surface area contributed by atoms with E-state index in [1.165, 1.54) is 17.7 Å². The second-order valence-corrected chi connectivity index (χ2v) is 9.32. The van der Waals surface area contributed by atoms with Crippen molar-refractivity contribution in [3.63, 3.8) is 0 Å². The van der Waals surface area contributed by atoms with E-state index in [4.69, 9.17) is 9.47 Å². The fourth-order valence-corrected chi connectivity index (χ4v) is 5.50. The molecule has 3 heterocycles. The summed E-state index contributed by atoms with van der Waals surface area (Å²) in [4.78, 5) is 9.17. The summed E-state index contributed by atoms with van der Waals surface area (Å²) in [5.41, 5.74) is 5.95. The lowest BCUT2D eigenvalue weighted by atomic mass is 9.90. The van der Waals surface area contributed by atoms with Crippen LogP contribution in [0.1, 0.15) is 34.5 Å². The van der Waals surface area contributed by atoms with Gasteiger partial charge in [-0.1, -0.05) is 12.1 Å². The first-order valence-electron chi connectivity index (χ1n) is 12.1. The molecular formula is C29H28FN3O3. The lowest BCUT2D eigenvalue weighted by Gasteiger charge is -2.38. The van der Waals surface area contributed by atoms with Crippen LogP contribution in [0.4, 0.5) is 4.39 Å². The summed E-state index contributed by atoms with van der Waals surface area (Å²) in [6.07, 6.45) is 1.89. The van der Waals surface area contributed by atoms with Gasteiger partial charge in [-0.2, -0.15) is 0 Å². The van der Waals surface area contributed by atoms with E-state index in [0.29, 0.717) is 6.54 Å². The lowest BCUT2D eigenvalue weighted by Crippen LogP contribution is -2.38. The van der Waals surface area contributed by atoms with Gasteiger partial charge >= 0.3 is 0 Å². The van der Waals surface area contributed by atoms with Crippen LogP contribution in [-0.2, 0) is 13.0 Å². The minimum atomic E-state index is -0.819. The summed E-state index contributed by atoms with van der Waals surface area (Å²) in [5.74, 6) is 1.29. The summed E-state index contributed by atoms with van der Waals surface area (Å²) in [7, 11) is 3.31. The summed E-state index contributed by atoms with van der Waals surface area (Å²) in [6.45, 7) is 1.34. The molecule has 6 nitrogen and oxygen atoms in total. The van der Waals surface area contributed by atoms with Crippen LogP contribution in [0.15, 0.2) is 66.9 Å². The van der Waals surface area contributed by atoms with E-state index in [9.17, 15) is 9.50 Å². The highest BCUT2D eigenvalue weighted by Crippen LogP contribution is 2.44. The van der Waals surface area contributed by atoms with Crippen molar-refractivity contribution in [2.45, 2.75) is 25.1 Å². The second kappa shape index (κ2) is 9.00. The topological polar surface area (TPSA) is 73.5 Å². The number of halogens is 1. The van der Waals surface area contributed by atoms with Crippen molar-refractivity contribution >= 4 is 21.8 Å². The number of methoxy groups -OCH3 is 2. The standard InChI is InChI=1S/C29H28FN3O3/c1-35-19-7-9-25-23(14-19)24(15-31-25)29(34)28-27-21(22-13-20(36-2)8-10-26(22)32-27)11-12-33(28)16-17-3-5-18(30)6-4-17/h3-10,13-15,28-29,31-32,34H,11-12,16H2,1-2H3. The molecule has 0 radical (unpaired) electrons. The molecule has 6 rings (SSSR count). The molecular weight excluding hydrogens is 457 g/mol. The van der Waals surface area contributed by atoms with Gasteiger partial charge in [-0.3, -0.25) is 4.90 Å². The van der Waals surface area contributed by atoms with Crippen molar-refractivity contribution < 1.29 is 19.0 Å². The number of aliphatic hydroxyl groups is 1. The predicted molar refractivity (Wildman–Crippen MR) is 138 cm³/mol. The quantitative estimate of drug-likeness (QED) is 0.291. The Morgan fingerprint density at radius 3 is 2.39 bits per heavy atom. The first-order chi connectivity index (χ1) is 17.6. The molecule has 36 heavy (non-hydrogen) atoms. The fourth-order valence-electron chi connectivity index (χ4n) is 5.50. The molecule has 0 bridgehead atoms. The summed E-state index contributed by atoms with van der Waals surface area (Å²) < 4.78 is 24.5. The van der Waals surface area contributed by atoms with Crippen LogP contribution in [0.25, 0.3) is 21.8 Å². The van der Waals surface area contributed by atoms with Gasteiger partial charge in [0, 0.05) is 52.3 Å². The minimum absolute atomic E-state index is 0.256. The van der Waals surface area contributed by atoms with Crippen LogP contribution < -0.4 is 9.47 Å². The Morgan fingerprint density at radius 1 is 0.972 bits per heavy atom. The lowest BCUT2D eigenvalue weighted by molar-refractivity contribution is 0.0348. The summed E-state index contributed by atoms with van der Waals surface area (Å²) >= 11 is 0. The van der Waals surface area contributed by atoms with Crippen molar-refractivity contribution in [3.05, 3.63) is 95.1 Å². The zero-order chi connectivity index (χ0) is 24.8. The smallest absolute Gasteiger partial charge is 0.123 e. The summed E-state index contributed by atoms with van der Waals surface area (Å²) in [6, 6.07) is 18.1.